The Morgan fingerprint density at radius 1 is 1.80 bits per heavy atom. The van der Waals surface area contributed by atoms with E-state index in [4.69, 9.17) is 0 Å². The first-order valence-corrected chi connectivity index (χ1v) is 5.47. The van der Waals surface area contributed by atoms with Crippen LogP contribution in [-0.2, 0) is 6.54 Å². The van der Waals surface area contributed by atoms with Crippen molar-refractivity contribution in [1.29, 1.82) is 0 Å². The van der Waals surface area contributed by atoms with Gasteiger partial charge in [-0.25, -0.2) is 0 Å². The molecule has 0 N–H and O–H groups in total. The fourth-order valence-corrected chi connectivity index (χ4v) is 1.46. The van der Waals surface area contributed by atoms with Crippen molar-refractivity contribution in [3.05, 3.63) is 16.0 Å². The van der Waals surface area contributed by atoms with Gasteiger partial charge in [-0.05, 0) is 28.8 Å². The number of thioether (sulfide) groups is 1. The van der Waals surface area contributed by atoms with E-state index in [2.05, 4.69) is 40.1 Å². The molecule has 0 saturated carbocycles. The van der Waals surface area contributed by atoms with Gasteiger partial charge in [-0.2, -0.15) is 16.9 Å². The Labute approximate surface area is 78.5 Å². The number of aromatic nitrogens is 2. The van der Waals surface area contributed by atoms with Crippen LogP contribution < -0.4 is 0 Å². The fourth-order valence-electron chi connectivity index (χ4n) is 0.645. The molecule has 0 spiro atoms. The summed E-state index contributed by atoms with van der Waals surface area (Å²) in [6.45, 7) is 1.02. The van der Waals surface area contributed by atoms with E-state index in [1.54, 1.807) is 0 Å². The van der Waals surface area contributed by atoms with Crippen molar-refractivity contribution in [3.8, 4) is 0 Å². The molecule has 0 bridgehead atoms. The average molecular weight is 268 g/mol. The molecule has 0 radical (unpaired) electrons. The zero-order chi connectivity index (χ0) is 7.40. The van der Waals surface area contributed by atoms with Crippen molar-refractivity contribution >= 4 is 34.4 Å². The number of hydrogen-bond acceptors (Lipinski definition) is 2. The van der Waals surface area contributed by atoms with Gasteiger partial charge in [0.1, 0.15) is 0 Å². The van der Waals surface area contributed by atoms with Crippen LogP contribution in [0.25, 0.3) is 0 Å². The van der Waals surface area contributed by atoms with E-state index in [9.17, 15) is 0 Å². The Kier molecular flexibility index (Phi) is 3.55. The van der Waals surface area contributed by atoms with Crippen molar-refractivity contribution in [2.24, 2.45) is 0 Å². The van der Waals surface area contributed by atoms with Gasteiger partial charge in [0.2, 0.25) is 0 Å². The molecule has 0 aliphatic carbocycles. The molecule has 2 nitrogen and oxygen atoms in total. The van der Waals surface area contributed by atoms with Crippen LogP contribution in [0.15, 0.2) is 12.4 Å². The van der Waals surface area contributed by atoms with Crippen molar-refractivity contribution in [2.45, 2.75) is 6.54 Å². The van der Waals surface area contributed by atoms with Gasteiger partial charge in [-0.1, -0.05) is 0 Å². The third-order valence-corrected chi connectivity index (χ3v) is 2.27. The highest BCUT2D eigenvalue weighted by atomic mass is 127. The largest absolute Gasteiger partial charge is 0.271 e. The first-order chi connectivity index (χ1) is 4.83. The maximum absolute atomic E-state index is 4.15. The average Bonchev–Trinajstić information content (AvgIpc) is 2.31. The van der Waals surface area contributed by atoms with E-state index in [-0.39, 0.29) is 0 Å². The fraction of sp³-hybridized carbons (Fsp3) is 0.500. The van der Waals surface area contributed by atoms with Gasteiger partial charge >= 0.3 is 0 Å². The van der Waals surface area contributed by atoms with Gasteiger partial charge in [0.05, 0.1) is 9.77 Å². The smallest absolute Gasteiger partial charge is 0.0623 e. The number of hydrogen-bond donors (Lipinski definition) is 0. The van der Waals surface area contributed by atoms with Crippen LogP contribution in [-0.4, -0.2) is 21.8 Å². The molecule has 0 aromatic carbocycles. The standard InChI is InChI=1S/C6H9IN2S/c1-10-3-2-9-5-6(7)4-8-9/h4-5H,2-3H2,1H3. The van der Waals surface area contributed by atoms with Gasteiger partial charge in [-0.3, -0.25) is 4.68 Å². The molecule has 10 heavy (non-hydrogen) atoms. The molecule has 1 aromatic rings. The van der Waals surface area contributed by atoms with Crippen LogP contribution >= 0.6 is 34.4 Å². The molecule has 0 atom stereocenters. The zero-order valence-electron chi connectivity index (χ0n) is 5.75. The number of nitrogens with zero attached hydrogens (tertiary/aromatic N) is 2. The van der Waals surface area contributed by atoms with E-state index in [1.807, 2.05) is 22.6 Å². The van der Waals surface area contributed by atoms with E-state index in [1.165, 1.54) is 3.57 Å². The quantitative estimate of drug-likeness (QED) is 0.779. The predicted molar refractivity (Wildman–Crippen MR) is 53.3 cm³/mol. The molecule has 0 aliphatic rings. The van der Waals surface area contributed by atoms with Crippen LogP contribution in [0.5, 0.6) is 0 Å². The molecule has 1 rings (SSSR count). The lowest BCUT2D eigenvalue weighted by Crippen LogP contribution is -1.99. The molecule has 0 amide bonds. The number of aryl methyl sites for hydroxylation is 1. The second kappa shape index (κ2) is 4.23. The summed E-state index contributed by atoms with van der Waals surface area (Å²) in [5.74, 6) is 1.14. The van der Waals surface area contributed by atoms with E-state index >= 15 is 0 Å². The van der Waals surface area contributed by atoms with Gasteiger partial charge in [-0.15, -0.1) is 0 Å². The number of rotatable bonds is 3. The molecule has 0 unspecified atom stereocenters. The Bertz CT molecular complexity index is 199. The minimum atomic E-state index is 1.02. The predicted octanol–water partition coefficient (Wildman–Crippen LogP) is 1.85. The first-order valence-electron chi connectivity index (χ1n) is 3.00. The maximum atomic E-state index is 4.15. The topological polar surface area (TPSA) is 17.8 Å². The second-order valence-corrected chi connectivity index (χ2v) is 4.15. The molecule has 0 saturated heterocycles. The zero-order valence-corrected chi connectivity index (χ0v) is 8.72. The molecular formula is C6H9IN2S. The molecule has 1 heterocycles. The maximum Gasteiger partial charge on any atom is 0.0623 e. The minimum absolute atomic E-state index is 1.02. The van der Waals surface area contributed by atoms with Crippen molar-refractivity contribution in [1.82, 2.24) is 9.78 Å². The molecular weight excluding hydrogens is 259 g/mol. The summed E-state index contributed by atoms with van der Waals surface area (Å²) in [5, 5.41) is 4.15. The Morgan fingerprint density at radius 2 is 2.60 bits per heavy atom. The van der Waals surface area contributed by atoms with E-state index < -0.39 is 0 Å². The lowest BCUT2D eigenvalue weighted by atomic mass is 10.7. The van der Waals surface area contributed by atoms with Crippen LogP contribution in [0.1, 0.15) is 0 Å². The Balaban J connectivity index is 2.42. The first kappa shape index (κ1) is 8.39. The Morgan fingerprint density at radius 3 is 3.10 bits per heavy atom. The van der Waals surface area contributed by atoms with Crippen molar-refractivity contribution in [3.63, 3.8) is 0 Å². The van der Waals surface area contributed by atoms with E-state index in [0.29, 0.717) is 0 Å². The monoisotopic (exact) mass is 268 g/mol. The van der Waals surface area contributed by atoms with Gasteiger partial charge in [0.25, 0.3) is 0 Å². The highest BCUT2D eigenvalue weighted by Gasteiger charge is 1.92. The molecule has 1 aromatic heterocycles. The summed E-state index contributed by atoms with van der Waals surface area (Å²) in [4.78, 5) is 0. The van der Waals surface area contributed by atoms with Crippen LogP contribution in [0.4, 0.5) is 0 Å². The normalized spacial score (nSPS) is 10.2. The van der Waals surface area contributed by atoms with Gasteiger partial charge < -0.3 is 0 Å². The van der Waals surface area contributed by atoms with Crippen molar-refractivity contribution < 1.29 is 0 Å². The van der Waals surface area contributed by atoms with Crippen LogP contribution in [0, 0.1) is 3.57 Å². The Hall–Kier alpha value is 0.290. The molecule has 0 aliphatic heterocycles. The third kappa shape index (κ3) is 2.49. The molecule has 4 heteroatoms. The highest BCUT2D eigenvalue weighted by Crippen LogP contribution is 2.02. The summed E-state index contributed by atoms with van der Waals surface area (Å²) in [7, 11) is 0. The lowest BCUT2D eigenvalue weighted by Gasteiger charge is -1.96. The minimum Gasteiger partial charge on any atom is -0.271 e. The molecule has 56 valence electrons. The summed E-state index contributed by atoms with van der Waals surface area (Å²) >= 11 is 4.10. The highest BCUT2D eigenvalue weighted by molar-refractivity contribution is 14.1. The SMILES string of the molecule is CSCCn1cc(I)cn1. The van der Waals surface area contributed by atoms with Crippen LogP contribution in [0.2, 0.25) is 0 Å². The summed E-state index contributed by atoms with van der Waals surface area (Å²) in [6.07, 6.45) is 6.03. The van der Waals surface area contributed by atoms with E-state index in [0.717, 1.165) is 12.3 Å². The van der Waals surface area contributed by atoms with Crippen molar-refractivity contribution in [2.75, 3.05) is 12.0 Å². The number of halogens is 1. The summed E-state index contributed by atoms with van der Waals surface area (Å²) in [6, 6.07) is 0. The second-order valence-electron chi connectivity index (χ2n) is 1.91. The molecule has 0 fully saturated rings. The third-order valence-electron chi connectivity index (χ3n) is 1.13. The van der Waals surface area contributed by atoms with Gasteiger partial charge in [0, 0.05) is 18.5 Å². The summed E-state index contributed by atoms with van der Waals surface area (Å²) in [5.41, 5.74) is 0. The summed E-state index contributed by atoms with van der Waals surface area (Å²) < 4.78 is 3.18. The van der Waals surface area contributed by atoms with Gasteiger partial charge in [0.15, 0.2) is 0 Å². The lowest BCUT2D eigenvalue weighted by molar-refractivity contribution is 0.666. The van der Waals surface area contributed by atoms with Crippen LogP contribution in [0.3, 0.4) is 0 Å².